The van der Waals surface area contributed by atoms with Gasteiger partial charge in [-0.05, 0) is 0 Å². The Balaban J connectivity index is 2.41. The van der Waals surface area contributed by atoms with Crippen molar-refractivity contribution in [3.8, 4) is 6.07 Å². The third-order valence-electron chi connectivity index (χ3n) is 2.01. The van der Waals surface area contributed by atoms with E-state index < -0.39 is 0 Å². The molecule has 14 heavy (non-hydrogen) atoms. The first-order chi connectivity index (χ1) is 6.79. The van der Waals surface area contributed by atoms with Crippen molar-refractivity contribution in [3.05, 3.63) is 11.8 Å². The van der Waals surface area contributed by atoms with Crippen molar-refractivity contribution in [2.24, 2.45) is 5.92 Å². The maximum atomic E-state index is 8.78. The van der Waals surface area contributed by atoms with Crippen LogP contribution in [0, 0.1) is 22.7 Å². The maximum Gasteiger partial charge on any atom is 0.124 e. The summed E-state index contributed by atoms with van der Waals surface area (Å²) in [6.07, 6.45) is 1.72. The van der Waals surface area contributed by atoms with Crippen LogP contribution in [-0.2, 0) is 4.74 Å². The fraction of sp³-hybridized carbons (Fsp3) is 0.556. The highest BCUT2D eigenvalue weighted by atomic mass is 16.5. The first-order valence-corrected chi connectivity index (χ1v) is 4.44. The Morgan fingerprint density at radius 3 is 3.36 bits per heavy atom. The Morgan fingerprint density at radius 1 is 1.93 bits per heavy atom. The number of nitrogens with zero attached hydrogens (tertiary/aromatic N) is 1. The molecule has 0 saturated carbocycles. The van der Waals surface area contributed by atoms with Gasteiger partial charge in [-0.1, -0.05) is 0 Å². The summed E-state index contributed by atoms with van der Waals surface area (Å²) in [7, 11) is 1.61. The molecule has 0 bridgehead atoms. The van der Waals surface area contributed by atoms with Crippen molar-refractivity contribution in [2.45, 2.75) is 0 Å². The van der Waals surface area contributed by atoms with Crippen LogP contribution in [0.2, 0.25) is 0 Å². The van der Waals surface area contributed by atoms with Gasteiger partial charge in [0.15, 0.2) is 0 Å². The summed E-state index contributed by atoms with van der Waals surface area (Å²) >= 11 is 0. The Morgan fingerprint density at radius 2 is 2.71 bits per heavy atom. The quantitative estimate of drug-likeness (QED) is 0.329. The average molecular weight is 194 g/mol. The molecule has 0 saturated heterocycles. The Hall–Kier alpha value is -1.54. The molecular weight excluding hydrogens is 180 g/mol. The lowest BCUT2D eigenvalue weighted by Crippen LogP contribution is -2.29. The lowest BCUT2D eigenvalue weighted by molar-refractivity contribution is 0.204. The maximum absolute atomic E-state index is 8.78. The SMILES string of the molecule is COCCNC(=N)C1=CNCC1C#N. The van der Waals surface area contributed by atoms with Crippen molar-refractivity contribution in [1.29, 1.82) is 10.7 Å². The van der Waals surface area contributed by atoms with Crippen molar-refractivity contribution in [2.75, 3.05) is 26.8 Å². The van der Waals surface area contributed by atoms with Crippen LogP contribution in [-0.4, -0.2) is 32.6 Å². The van der Waals surface area contributed by atoms with Gasteiger partial charge in [-0.2, -0.15) is 5.26 Å². The Labute approximate surface area is 83.3 Å². The molecule has 0 amide bonds. The van der Waals surface area contributed by atoms with E-state index >= 15 is 0 Å². The summed E-state index contributed by atoms with van der Waals surface area (Å²) in [4.78, 5) is 0. The molecule has 1 unspecified atom stereocenters. The van der Waals surface area contributed by atoms with E-state index in [4.69, 9.17) is 15.4 Å². The van der Waals surface area contributed by atoms with Crippen molar-refractivity contribution in [3.63, 3.8) is 0 Å². The number of amidine groups is 1. The van der Waals surface area contributed by atoms with Gasteiger partial charge in [0.05, 0.1) is 18.6 Å². The van der Waals surface area contributed by atoms with Crippen molar-refractivity contribution >= 4 is 5.84 Å². The predicted octanol–water partition coefficient (Wildman–Crippen LogP) is -0.173. The number of nitrogens with one attached hydrogen (secondary N) is 3. The molecular formula is C9H14N4O. The van der Waals surface area contributed by atoms with E-state index in [1.54, 1.807) is 13.3 Å². The molecule has 1 aliphatic rings. The highest BCUT2D eigenvalue weighted by Crippen LogP contribution is 2.13. The standard InChI is InChI=1S/C9H14N4O/c1-14-3-2-13-9(11)8-6-12-5-7(8)4-10/h6-7,12H,2-3,5H2,1H3,(H2,11,13). The molecule has 0 fully saturated rings. The van der Waals surface area contributed by atoms with E-state index in [0.29, 0.717) is 25.5 Å². The zero-order chi connectivity index (χ0) is 10.4. The highest BCUT2D eigenvalue weighted by molar-refractivity contribution is 5.97. The van der Waals surface area contributed by atoms with Crippen LogP contribution in [0.5, 0.6) is 0 Å². The van der Waals surface area contributed by atoms with Crippen LogP contribution in [0.3, 0.4) is 0 Å². The topological polar surface area (TPSA) is 80.9 Å². The second-order valence-electron chi connectivity index (χ2n) is 2.98. The van der Waals surface area contributed by atoms with E-state index in [1.807, 2.05) is 0 Å². The minimum Gasteiger partial charge on any atom is -0.389 e. The molecule has 0 aliphatic carbocycles. The Bertz CT molecular complexity index is 279. The number of ether oxygens (including phenoxy) is 1. The van der Waals surface area contributed by atoms with Crippen molar-refractivity contribution < 1.29 is 4.74 Å². The molecule has 76 valence electrons. The zero-order valence-corrected chi connectivity index (χ0v) is 8.13. The number of rotatable bonds is 4. The minimum absolute atomic E-state index is 0.211. The smallest absolute Gasteiger partial charge is 0.124 e. The first kappa shape index (κ1) is 10.5. The van der Waals surface area contributed by atoms with E-state index in [0.717, 1.165) is 5.57 Å². The normalized spacial score (nSPS) is 19.4. The van der Waals surface area contributed by atoms with Crippen LogP contribution >= 0.6 is 0 Å². The number of hydrogen-bond acceptors (Lipinski definition) is 4. The monoisotopic (exact) mass is 194 g/mol. The van der Waals surface area contributed by atoms with Gasteiger partial charge in [0.25, 0.3) is 0 Å². The average Bonchev–Trinajstić information content (AvgIpc) is 2.65. The second-order valence-corrected chi connectivity index (χ2v) is 2.98. The fourth-order valence-electron chi connectivity index (χ4n) is 1.24. The van der Waals surface area contributed by atoms with Gasteiger partial charge in [-0.3, -0.25) is 5.41 Å². The molecule has 0 spiro atoms. The summed E-state index contributed by atoms with van der Waals surface area (Å²) in [5.74, 6) is 0.0937. The van der Waals surface area contributed by atoms with Crippen molar-refractivity contribution in [1.82, 2.24) is 10.6 Å². The number of hydrogen-bond donors (Lipinski definition) is 3. The molecule has 3 N–H and O–H groups in total. The Kier molecular flexibility index (Phi) is 3.95. The van der Waals surface area contributed by atoms with E-state index in [9.17, 15) is 0 Å². The third kappa shape index (κ3) is 2.47. The molecule has 0 aromatic heterocycles. The number of nitriles is 1. The zero-order valence-electron chi connectivity index (χ0n) is 8.13. The van der Waals surface area contributed by atoms with Gasteiger partial charge in [-0.25, -0.2) is 0 Å². The molecule has 1 heterocycles. The van der Waals surface area contributed by atoms with Crippen LogP contribution in [0.1, 0.15) is 0 Å². The summed E-state index contributed by atoms with van der Waals surface area (Å²) < 4.78 is 4.85. The fourth-order valence-corrected chi connectivity index (χ4v) is 1.24. The molecule has 1 rings (SSSR count). The lowest BCUT2D eigenvalue weighted by Gasteiger charge is -2.09. The molecule has 5 heteroatoms. The van der Waals surface area contributed by atoms with E-state index in [2.05, 4.69) is 16.7 Å². The summed E-state index contributed by atoms with van der Waals surface area (Å²) in [6.45, 7) is 1.74. The molecule has 1 aliphatic heterocycles. The van der Waals surface area contributed by atoms with Gasteiger partial charge in [0, 0.05) is 32.0 Å². The molecule has 0 aromatic carbocycles. The summed E-state index contributed by atoms with van der Waals surface area (Å²) in [5, 5.41) is 22.3. The van der Waals surface area contributed by atoms with Crippen LogP contribution < -0.4 is 10.6 Å². The third-order valence-corrected chi connectivity index (χ3v) is 2.01. The predicted molar refractivity (Wildman–Crippen MR) is 52.8 cm³/mol. The molecule has 0 radical (unpaired) electrons. The summed E-state index contributed by atoms with van der Waals surface area (Å²) in [6, 6.07) is 2.14. The van der Waals surface area contributed by atoms with Gasteiger partial charge in [0.1, 0.15) is 5.84 Å². The van der Waals surface area contributed by atoms with Gasteiger partial charge in [0.2, 0.25) is 0 Å². The van der Waals surface area contributed by atoms with Crippen LogP contribution in [0.25, 0.3) is 0 Å². The second kappa shape index (κ2) is 5.25. The first-order valence-electron chi connectivity index (χ1n) is 4.44. The van der Waals surface area contributed by atoms with Gasteiger partial charge < -0.3 is 15.4 Å². The molecule has 0 aromatic rings. The highest BCUT2D eigenvalue weighted by Gasteiger charge is 2.21. The van der Waals surface area contributed by atoms with E-state index in [-0.39, 0.29) is 5.92 Å². The minimum atomic E-state index is -0.211. The number of methoxy groups -OCH3 is 1. The largest absolute Gasteiger partial charge is 0.389 e. The molecule has 1 atom stereocenters. The van der Waals surface area contributed by atoms with Gasteiger partial charge >= 0.3 is 0 Å². The van der Waals surface area contributed by atoms with E-state index in [1.165, 1.54) is 0 Å². The lowest BCUT2D eigenvalue weighted by atomic mass is 10.0. The van der Waals surface area contributed by atoms with Crippen LogP contribution in [0.4, 0.5) is 0 Å². The van der Waals surface area contributed by atoms with Crippen LogP contribution in [0.15, 0.2) is 11.8 Å². The van der Waals surface area contributed by atoms with Gasteiger partial charge in [-0.15, -0.1) is 0 Å². The summed E-state index contributed by atoms with van der Waals surface area (Å²) in [5.41, 5.74) is 0.726. The molecule has 5 nitrogen and oxygen atoms in total.